The molecule has 0 unspecified atom stereocenters. The Labute approximate surface area is 203 Å². The monoisotopic (exact) mass is 514 g/mol. The molecule has 0 aromatic heterocycles. The van der Waals surface area contributed by atoms with Crippen molar-refractivity contribution in [3.63, 3.8) is 0 Å². The van der Waals surface area contributed by atoms with Crippen LogP contribution in [0.1, 0.15) is 11.1 Å². The summed E-state index contributed by atoms with van der Waals surface area (Å²) in [7, 11) is -6.73. The van der Waals surface area contributed by atoms with Gasteiger partial charge in [0.05, 0.1) is 14.7 Å². The van der Waals surface area contributed by atoms with Crippen molar-refractivity contribution in [2.24, 2.45) is 4.40 Å². The van der Waals surface area contributed by atoms with Crippen molar-refractivity contribution in [3.05, 3.63) is 106 Å². The van der Waals surface area contributed by atoms with Gasteiger partial charge in [-0.15, -0.1) is 4.41 Å². The van der Waals surface area contributed by atoms with Crippen molar-refractivity contribution in [2.75, 3.05) is 7.05 Å². The summed E-state index contributed by atoms with van der Waals surface area (Å²) in [6, 6.07) is 19.3. The third-order valence-electron chi connectivity index (χ3n) is 4.86. The SMILES string of the molecule is Cc1ccc(S(=O)(=O)N(C)N/C=C(/C=N/S(=O)(=O)c2ccc([N+](=O)[O-])cc2)c2ccccc2)cc1. The van der Waals surface area contributed by atoms with E-state index in [0.717, 1.165) is 40.5 Å². The van der Waals surface area contributed by atoms with E-state index in [4.69, 9.17) is 0 Å². The number of non-ortho nitro benzene ring substituents is 1. The number of rotatable bonds is 9. The van der Waals surface area contributed by atoms with Crippen molar-refractivity contribution in [1.29, 1.82) is 0 Å². The van der Waals surface area contributed by atoms with Gasteiger partial charge in [0.15, 0.2) is 0 Å². The van der Waals surface area contributed by atoms with Gasteiger partial charge in [0.25, 0.3) is 25.7 Å². The van der Waals surface area contributed by atoms with E-state index in [0.29, 0.717) is 5.56 Å². The third kappa shape index (κ3) is 6.38. The standard InChI is InChI=1S/C23H22N4O6S2/c1-18-8-12-23(13-9-18)35(32,33)26(2)24-16-20(19-6-4-3-5-7-19)17-25-34(30,31)22-14-10-21(11-15-22)27(28)29/h3-17,24H,1-2H3/b20-16-,25-17+. The molecule has 10 nitrogen and oxygen atoms in total. The molecule has 3 rings (SSSR count). The lowest BCUT2D eigenvalue weighted by molar-refractivity contribution is -0.384. The van der Waals surface area contributed by atoms with Crippen LogP contribution in [0.25, 0.3) is 5.57 Å². The van der Waals surface area contributed by atoms with Crippen LogP contribution in [0.2, 0.25) is 0 Å². The van der Waals surface area contributed by atoms with E-state index >= 15 is 0 Å². The predicted octanol–water partition coefficient (Wildman–Crippen LogP) is 3.53. The summed E-state index contributed by atoms with van der Waals surface area (Å²) >= 11 is 0. The fraction of sp³-hybridized carbons (Fsp3) is 0.0870. The van der Waals surface area contributed by atoms with Gasteiger partial charge in [-0.3, -0.25) is 10.1 Å². The van der Waals surface area contributed by atoms with Crippen LogP contribution in [0.4, 0.5) is 5.69 Å². The van der Waals surface area contributed by atoms with Gasteiger partial charge in [-0.1, -0.05) is 48.0 Å². The van der Waals surface area contributed by atoms with Gasteiger partial charge in [0.1, 0.15) is 0 Å². The predicted molar refractivity (Wildman–Crippen MR) is 132 cm³/mol. The topological polar surface area (TPSA) is 139 Å². The van der Waals surface area contributed by atoms with Crippen molar-refractivity contribution < 1.29 is 21.8 Å². The Hall–Kier alpha value is -3.87. The zero-order valence-electron chi connectivity index (χ0n) is 18.8. The number of hydrogen-bond donors (Lipinski definition) is 1. The van der Waals surface area contributed by atoms with Crippen LogP contribution in [0, 0.1) is 17.0 Å². The fourth-order valence-corrected chi connectivity index (χ4v) is 4.69. The van der Waals surface area contributed by atoms with E-state index in [1.807, 2.05) is 6.92 Å². The van der Waals surface area contributed by atoms with Gasteiger partial charge in [0.2, 0.25) is 0 Å². The minimum absolute atomic E-state index is 0.0853. The number of hydrogen-bond acceptors (Lipinski definition) is 7. The number of benzene rings is 3. The zero-order valence-corrected chi connectivity index (χ0v) is 20.4. The second-order valence-corrected chi connectivity index (χ2v) is 10.9. The molecule has 0 radical (unpaired) electrons. The number of nitrogens with one attached hydrogen (secondary N) is 1. The second-order valence-electron chi connectivity index (χ2n) is 7.34. The first-order valence-corrected chi connectivity index (χ1v) is 13.0. The highest BCUT2D eigenvalue weighted by Crippen LogP contribution is 2.19. The van der Waals surface area contributed by atoms with Crippen molar-refractivity contribution in [1.82, 2.24) is 9.84 Å². The molecule has 0 aliphatic carbocycles. The van der Waals surface area contributed by atoms with Gasteiger partial charge in [0, 0.05) is 37.2 Å². The Morgan fingerprint density at radius 1 is 0.914 bits per heavy atom. The average Bonchev–Trinajstić information content (AvgIpc) is 2.84. The largest absolute Gasteiger partial charge is 0.312 e. The first-order chi connectivity index (χ1) is 16.5. The van der Waals surface area contributed by atoms with Crippen molar-refractivity contribution in [3.8, 4) is 0 Å². The first kappa shape index (κ1) is 25.7. The van der Waals surface area contributed by atoms with Crippen molar-refractivity contribution in [2.45, 2.75) is 16.7 Å². The molecule has 0 bridgehead atoms. The second kappa shape index (κ2) is 10.6. The van der Waals surface area contributed by atoms with Gasteiger partial charge < -0.3 is 5.43 Å². The molecule has 35 heavy (non-hydrogen) atoms. The maximum atomic E-state index is 12.8. The van der Waals surface area contributed by atoms with E-state index in [2.05, 4.69) is 9.82 Å². The summed E-state index contributed by atoms with van der Waals surface area (Å²) in [5, 5.41) is 10.8. The Kier molecular flexibility index (Phi) is 7.79. The van der Waals surface area contributed by atoms with Gasteiger partial charge in [-0.2, -0.15) is 12.8 Å². The minimum atomic E-state index is -4.17. The number of nitrogens with zero attached hydrogens (tertiary/aromatic N) is 3. The molecular formula is C23H22N4O6S2. The molecule has 0 amide bonds. The molecule has 0 saturated heterocycles. The smallest absolute Gasteiger partial charge is 0.282 e. The number of sulfonamides is 2. The summed E-state index contributed by atoms with van der Waals surface area (Å²) < 4.78 is 55.5. The van der Waals surface area contributed by atoms with Crippen LogP contribution in [-0.2, 0) is 20.0 Å². The lowest BCUT2D eigenvalue weighted by Crippen LogP contribution is -2.36. The van der Waals surface area contributed by atoms with Crippen LogP contribution >= 0.6 is 0 Å². The van der Waals surface area contributed by atoms with E-state index in [9.17, 15) is 26.9 Å². The number of nitro groups is 1. The molecule has 3 aromatic rings. The van der Waals surface area contributed by atoms with Crippen molar-refractivity contribution >= 4 is 37.5 Å². The van der Waals surface area contributed by atoms with Gasteiger partial charge in [-0.05, 0) is 36.8 Å². The molecule has 1 N–H and O–H groups in total. The summed E-state index contributed by atoms with van der Waals surface area (Å²) in [5.41, 5.74) is 4.17. The van der Waals surface area contributed by atoms with Gasteiger partial charge >= 0.3 is 0 Å². The molecule has 0 saturated carbocycles. The highest BCUT2D eigenvalue weighted by molar-refractivity contribution is 7.90. The number of allylic oxidation sites excluding steroid dienone is 1. The molecular weight excluding hydrogens is 492 g/mol. The van der Waals surface area contributed by atoms with Gasteiger partial charge in [-0.25, -0.2) is 8.42 Å². The maximum absolute atomic E-state index is 12.8. The Morgan fingerprint density at radius 2 is 1.49 bits per heavy atom. The minimum Gasteiger partial charge on any atom is -0.312 e. The number of hydrazine groups is 1. The quantitative estimate of drug-likeness (QED) is 0.262. The first-order valence-electron chi connectivity index (χ1n) is 10.1. The summed E-state index contributed by atoms with van der Waals surface area (Å²) in [6.45, 7) is 1.84. The molecule has 0 fully saturated rings. The van der Waals surface area contributed by atoms with Crippen LogP contribution in [0.15, 0.2) is 99.3 Å². The third-order valence-corrected chi connectivity index (χ3v) is 7.81. The Bertz CT molecular complexity index is 1470. The van der Waals surface area contributed by atoms with E-state index in [-0.39, 0.29) is 21.1 Å². The summed E-state index contributed by atoms with van der Waals surface area (Å²) in [4.78, 5) is 10.0. The zero-order chi connectivity index (χ0) is 25.6. The van der Waals surface area contributed by atoms with Crippen LogP contribution in [0.5, 0.6) is 0 Å². The summed E-state index contributed by atoms with van der Waals surface area (Å²) in [6.07, 6.45) is 2.39. The molecule has 0 atom stereocenters. The average molecular weight is 515 g/mol. The molecule has 0 heterocycles. The summed E-state index contributed by atoms with van der Waals surface area (Å²) in [5.74, 6) is 0. The van der Waals surface area contributed by atoms with E-state index in [1.54, 1.807) is 42.5 Å². The van der Waals surface area contributed by atoms with Crippen LogP contribution < -0.4 is 5.43 Å². The molecule has 12 heteroatoms. The highest BCUT2D eigenvalue weighted by atomic mass is 32.2. The Balaban J connectivity index is 1.90. The molecule has 182 valence electrons. The molecule has 0 aliphatic rings. The Morgan fingerprint density at radius 3 is 2.06 bits per heavy atom. The highest BCUT2D eigenvalue weighted by Gasteiger charge is 2.20. The van der Waals surface area contributed by atoms with E-state index < -0.39 is 25.0 Å². The lowest BCUT2D eigenvalue weighted by Gasteiger charge is -2.17. The number of nitro benzene ring substituents is 1. The van der Waals surface area contributed by atoms with Crippen LogP contribution in [0.3, 0.4) is 0 Å². The molecule has 0 aliphatic heterocycles. The maximum Gasteiger partial charge on any atom is 0.282 e. The lowest BCUT2D eigenvalue weighted by atomic mass is 10.1. The van der Waals surface area contributed by atoms with E-state index in [1.165, 1.54) is 25.4 Å². The van der Waals surface area contributed by atoms with Crippen LogP contribution in [-0.4, -0.2) is 39.4 Å². The number of aryl methyl sites for hydroxylation is 1. The molecule has 3 aromatic carbocycles. The normalized spacial score (nSPS) is 12.7. The molecule has 0 spiro atoms. The fourth-order valence-electron chi connectivity index (χ4n) is 2.85.